The second kappa shape index (κ2) is 72.0. The van der Waals surface area contributed by atoms with Crippen molar-refractivity contribution in [3.8, 4) is 0 Å². The van der Waals surface area contributed by atoms with Crippen molar-refractivity contribution in [2.24, 2.45) is 5.92 Å². The van der Waals surface area contributed by atoms with Gasteiger partial charge in [-0.1, -0.05) is 369 Å². The van der Waals surface area contributed by atoms with Crippen molar-refractivity contribution in [2.75, 3.05) is 39.6 Å². The lowest BCUT2D eigenvalue weighted by Gasteiger charge is -2.21. The van der Waals surface area contributed by atoms with Crippen LogP contribution in [0.25, 0.3) is 0 Å². The van der Waals surface area contributed by atoms with Crippen LogP contribution in [0.3, 0.4) is 0 Å². The molecule has 98 heavy (non-hydrogen) atoms. The molecule has 0 amide bonds. The monoisotopic (exact) mass is 1440 g/mol. The number of hydrogen-bond acceptors (Lipinski definition) is 15. The van der Waals surface area contributed by atoms with Crippen molar-refractivity contribution in [1.29, 1.82) is 0 Å². The van der Waals surface area contributed by atoms with Crippen LogP contribution >= 0.6 is 15.6 Å². The van der Waals surface area contributed by atoms with Crippen LogP contribution in [0.15, 0.2) is 0 Å². The van der Waals surface area contributed by atoms with Crippen LogP contribution in [0.1, 0.15) is 420 Å². The molecule has 3 unspecified atom stereocenters. The van der Waals surface area contributed by atoms with Gasteiger partial charge < -0.3 is 33.8 Å². The molecule has 17 nitrogen and oxygen atoms in total. The van der Waals surface area contributed by atoms with Crippen molar-refractivity contribution in [1.82, 2.24) is 0 Å². The van der Waals surface area contributed by atoms with Gasteiger partial charge in [-0.25, -0.2) is 9.13 Å². The smallest absolute Gasteiger partial charge is 0.462 e. The van der Waals surface area contributed by atoms with E-state index in [4.69, 9.17) is 37.0 Å². The molecule has 0 aliphatic carbocycles. The Morgan fingerprint density at radius 3 is 0.724 bits per heavy atom. The zero-order valence-electron chi connectivity index (χ0n) is 63.9. The molecule has 0 spiro atoms. The largest absolute Gasteiger partial charge is 0.472 e. The van der Waals surface area contributed by atoms with Crippen LogP contribution in [0, 0.1) is 5.92 Å². The molecule has 6 atom stereocenters. The molecule has 0 saturated heterocycles. The topological polar surface area (TPSA) is 237 Å². The number of phosphoric acid groups is 2. The Hall–Kier alpha value is -1.94. The van der Waals surface area contributed by atoms with E-state index in [1.54, 1.807) is 0 Å². The number of aliphatic hydroxyl groups excluding tert-OH is 1. The average Bonchev–Trinajstić information content (AvgIpc) is 3.61. The van der Waals surface area contributed by atoms with Crippen LogP contribution in [-0.2, 0) is 65.4 Å². The van der Waals surface area contributed by atoms with E-state index in [0.29, 0.717) is 25.7 Å². The van der Waals surface area contributed by atoms with E-state index < -0.39 is 97.5 Å². The molecule has 0 radical (unpaired) electrons. The van der Waals surface area contributed by atoms with Crippen molar-refractivity contribution in [3.63, 3.8) is 0 Å². The SMILES string of the molecule is CCCCCCCCCCCCCCCCCCCCCC(=O)O[C@H](COC(=O)CCCCCCCCCCCCCCCCCC)COP(=O)(O)OC[C@@H](O)COP(=O)(O)OC[C@@H](COC(=O)CCCCCCCCCCCCC)OC(=O)CCCCCCCCCCC(C)CC. The Kier molecular flexibility index (Phi) is 70.6. The van der Waals surface area contributed by atoms with Crippen molar-refractivity contribution < 1.29 is 80.2 Å². The van der Waals surface area contributed by atoms with Crippen LogP contribution in [0.5, 0.6) is 0 Å². The molecule has 0 aliphatic heterocycles. The first kappa shape index (κ1) is 96.1. The predicted molar refractivity (Wildman–Crippen MR) is 400 cm³/mol. The van der Waals surface area contributed by atoms with E-state index in [1.807, 2.05) is 0 Å². The fourth-order valence-electron chi connectivity index (χ4n) is 12.2. The molecule has 0 aromatic heterocycles. The highest BCUT2D eigenvalue weighted by Crippen LogP contribution is 2.45. The number of phosphoric ester groups is 2. The fraction of sp³-hybridized carbons (Fsp3) is 0.949. The van der Waals surface area contributed by atoms with E-state index in [0.717, 1.165) is 95.8 Å². The highest BCUT2D eigenvalue weighted by molar-refractivity contribution is 7.47. The normalized spacial score (nSPS) is 14.2. The molecule has 19 heteroatoms. The molecule has 0 rings (SSSR count). The van der Waals surface area contributed by atoms with Crippen molar-refractivity contribution >= 4 is 39.5 Å². The van der Waals surface area contributed by atoms with E-state index in [-0.39, 0.29) is 25.7 Å². The van der Waals surface area contributed by atoms with Gasteiger partial charge in [-0.2, -0.15) is 0 Å². The van der Waals surface area contributed by atoms with Crippen LogP contribution in [-0.4, -0.2) is 96.7 Å². The molecule has 0 heterocycles. The lowest BCUT2D eigenvalue weighted by molar-refractivity contribution is -0.161. The zero-order chi connectivity index (χ0) is 71.9. The number of ether oxygens (including phenoxy) is 4. The number of unbranched alkanes of at least 4 members (excludes halogenated alkanes) is 50. The van der Waals surface area contributed by atoms with Crippen LogP contribution < -0.4 is 0 Å². The van der Waals surface area contributed by atoms with E-state index in [9.17, 15) is 43.2 Å². The van der Waals surface area contributed by atoms with Gasteiger partial charge in [0.25, 0.3) is 0 Å². The van der Waals surface area contributed by atoms with Gasteiger partial charge in [0.1, 0.15) is 19.3 Å². The number of carbonyl (C=O) groups is 4. The second-order valence-electron chi connectivity index (χ2n) is 28.7. The summed E-state index contributed by atoms with van der Waals surface area (Å²) in [5.74, 6) is -1.34. The van der Waals surface area contributed by atoms with E-state index in [1.165, 1.54) is 244 Å². The van der Waals surface area contributed by atoms with Crippen molar-refractivity contribution in [2.45, 2.75) is 438 Å². The number of carbonyl (C=O) groups excluding carboxylic acids is 4. The summed E-state index contributed by atoms with van der Waals surface area (Å²) in [6.07, 6.45) is 62.3. The molecule has 3 N–H and O–H groups in total. The summed E-state index contributed by atoms with van der Waals surface area (Å²) in [7, 11) is -9.91. The maximum absolute atomic E-state index is 13.1. The number of rotatable bonds is 79. The zero-order valence-corrected chi connectivity index (χ0v) is 65.7. The molecule has 0 aliphatic rings. The molecule has 0 saturated carbocycles. The molecule has 0 fully saturated rings. The van der Waals surface area contributed by atoms with Crippen LogP contribution in [0.4, 0.5) is 0 Å². The first-order chi connectivity index (χ1) is 47.6. The molecule has 0 aromatic carbocycles. The minimum absolute atomic E-state index is 0.106. The van der Waals surface area contributed by atoms with Gasteiger partial charge in [-0.15, -0.1) is 0 Å². The Labute approximate surface area is 600 Å². The summed E-state index contributed by atoms with van der Waals surface area (Å²) in [4.78, 5) is 72.9. The Morgan fingerprint density at radius 1 is 0.286 bits per heavy atom. The van der Waals surface area contributed by atoms with Gasteiger partial charge in [0.2, 0.25) is 0 Å². The quantitative estimate of drug-likeness (QED) is 0.0222. The molecule has 0 bridgehead atoms. The van der Waals surface area contributed by atoms with Gasteiger partial charge in [0.05, 0.1) is 26.4 Å². The van der Waals surface area contributed by atoms with Crippen molar-refractivity contribution in [3.05, 3.63) is 0 Å². The van der Waals surface area contributed by atoms with E-state index >= 15 is 0 Å². The lowest BCUT2D eigenvalue weighted by atomic mass is 9.99. The summed E-state index contributed by atoms with van der Waals surface area (Å²) in [6.45, 7) is 7.31. The second-order valence-corrected chi connectivity index (χ2v) is 31.6. The van der Waals surface area contributed by atoms with Gasteiger partial charge in [0, 0.05) is 25.7 Å². The Balaban J connectivity index is 5.24. The minimum atomic E-state index is -4.96. The molecule has 0 aromatic rings. The summed E-state index contributed by atoms with van der Waals surface area (Å²) >= 11 is 0. The van der Waals surface area contributed by atoms with Gasteiger partial charge in [-0.05, 0) is 31.6 Å². The molecular weight excluding hydrogens is 1280 g/mol. The highest BCUT2D eigenvalue weighted by Gasteiger charge is 2.30. The Bertz CT molecular complexity index is 1880. The highest BCUT2D eigenvalue weighted by atomic mass is 31.2. The van der Waals surface area contributed by atoms with E-state index in [2.05, 4.69) is 34.6 Å². The third-order valence-corrected chi connectivity index (χ3v) is 20.8. The number of esters is 4. The fourth-order valence-corrected chi connectivity index (χ4v) is 13.8. The first-order valence-corrected chi connectivity index (χ1v) is 44.2. The number of aliphatic hydroxyl groups is 1. The Morgan fingerprint density at radius 2 is 0.490 bits per heavy atom. The van der Waals surface area contributed by atoms with Gasteiger partial charge >= 0.3 is 39.5 Å². The maximum Gasteiger partial charge on any atom is 0.472 e. The summed E-state index contributed by atoms with van der Waals surface area (Å²) in [6, 6.07) is 0. The standard InChI is InChI=1S/C79H154O17P2/c1-6-10-13-16-19-22-25-27-29-31-32-33-35-37-40-43-49-54-59-64-78(83)95-74(68-90-77(82)63-58-53-48-42-39-36-34-30-28-26-23-20-17-14-11-7-2)70-93-97(85,86)91-66-73(80)67-92-98(87,88)94-71-75(69-89-76(81)62-57-52-47-41-38-24-21-18-15-12-8-3)96-79(84)65-60-55-50-45-44-46-51-56-61-72(5)9-4/h72-75,80H,6-71H2,1-5H3,(H,85,86)(H,87,88)/t72?,73-,74-,75-/m1/s1. The molecule has 582 valence electrons. The molecular formula is C79H154O17P2. The summed E-state index contributed by atoms with van der Waals surface area (Å²) in [5, 5.41) is 10.6. The third-order valence-electron chi connectivity index (χ3n) is 18.9. The average molecular weight is 1440 g/mol. The minimum Gasteiger partial charge on any atom is -0.462 e. The predicted octanol–water partition coefficient (Wildman–Crippen LogP) is 23.6. The lowest BCUT2D eigenvalue weighted by Crippen LogP contribution is -2.30. The number of hydrogen-bond donors (Lipinski definition) is 3. The summed E-state index contributed by atoms with van der Waals surface area (Å²) in [5.41, 5.74) is 0. The maximum atomic E-state index is 13.1. The van der Waals surface area contributed by atoms with Gasteiger partial charge in [-0.3, -0.25) is 37.3 Å². The third kappa shape index (κ3) is 71.1. The first-order valence-electron chi connectivity index (χ1n) is 41.2. The summed E-state index contributed by atoms with van der Waals surface area (Å²) < 4.78 is 68.6. The van der Waals surface area contributed by atoms with Gasteiger partial charge in [0.15, 0.2) is 12.2 Å². The van der Waals surface area contributed by atoms with Crippen LogP contribution in [0.2, 0.25) is 0 Å².